The van der Waals surface area contributed by atoms with Crippen LogP contribution in [0, 0.1) is 11.3 Å². The molecule has 0 aliphatic carbocycles. The molecule has 5 nitrogen and oxygen atoms in total. The smallest absolute Gasteiger partial charge is 0.316 e. The summed E-state index contributed by atoms with van der Waals surface area (Å²) in [4.78, 5) is 25.7. The van der Waals surface area contributed by atoms with Crippen LogP contribution in [-0.2, 0) is 19.1 Å². The summed E-state index contributed by atoms with van der Waals surface area (Å²) in [5, 5.41) is 4.41. The molecule has 3 aromatic rings. The summed E-state index contributed by atoms with van der Waals surface area (Å²) in [6, 6.07) is 18.1. The first kappa shape index (κ1) is 23.2. The van der Waals surface area contributed by atoms with Gasteiger partial charge in [-0.2, -0.15) is 0 Å². The highest BCUT2D eigenvalue weighted by atomic mass is 16.7. The number of hydrogen-bond donors (Lipinski definition) is 0. The molecule has 2 atom stereocenters. The third kappa shape index (κ3) is 5.53. The van der Waals surface area contributed by atoms with E-state index >= 15 is 0 Å². The Hall–Kier alpha value is -2.92. The predicted molar refractivity (Wildman–Crippen MR) is 129 cm³/mol. The second-order valence-corrected chi connectivity index (χ2v) is 9.52. The minimum absolute atomic E-state index is 0.303. The number of esters is 2. The Bertz CT molecular complexity index is 1140. The van der Waals surface area contributed by atoms with Crippen LogP contribution in [-0.4, -0.2) is 24.8 Å². The molecule has 1 fully saturated rings. The van der Waals surface area contributed by atoms with Gasteiger partial charge in [0.05, 0.1) is 17.9 Å². The van der Waals surface area contributed by atoms with Crippen LogP contribution in [0.2, 0.25) is 0 Å². The number of carbonyl (C=O) groups is 2. The molecule has 33 heavy (non-hydrogen) atoms. The molecule has 0 aromatic heterocycles. The van der Waals surface area contributed by atoms with Crippen molar-refractivity contribution in [2.45, 2.75) is 59.2 Å². The maximum absolute atomic E-state index is 13.0. The monoisotopic (exact) mass is 448 g/mol. The van der Waals surface area contributed by atoms with Crippen molar-refractivity contribution in [3.8, 4) is 5.75 Å². The van der Waals surface area contributed by atoms with Crippen LogP contribution in [0.4, 0.5) is 0 Å². The third-order valence-electron chi connectivity index (χ3n) is 6.41. The van der Waals surface area contributed by atoms with E-state index in [9.17, 15) is 9.59 Å². The Balaban J connectivity index is 1.43. The van der Waals surface area contributed by atoms with Gasteiger partial charge in [0.1, 0.15) is 5.75 Å². The highest BCUT2D eigenvalue weighted by Gasteiger charge is 2.36. The Kier molecular flexibility index (Phi) is 6.99. The van der Waals surface area contributed by atoms with Crippen LogP contribution in [0.15, 0.2) is 54.6 Å². The van der Waals surface area contributed by atoms with E-state index in [1.54, 1.807) is 0 Å². The molecule has 1 aliphatic rings. The van der Waals surface area contributed by atoms with Gasteiger partial charge in [0.25, 0.3) is 0 Å². The van der Waals surface area contributed by atoms with Crippen LogP contribution in [0.5, 0.6) is 5.75 Å². The standard InChI is InChI=1S/C28H32O5/c1-4-19(26(29)33-25-11-7-8-14-31-25)18-28(2,3)27(30)32-24-13-12-22-15-20-9-5-6-10-21(20)16-23(22)17-24/h5-6,9-10,12-13,15-17,19,25H,4,7-8,11,14,18H2,1-3H3. The van der Waals surface area contributed by atoms with Gasteiger partial charge in [0.2, 0.25) is 6.29 Å². The molecule has 174 valence electrons. The van der Waals surface area contributed by atoms with E-state index in [1.165, 1.54) is 5.39 Å². The third-order valence-corrected chi connectivity index (χ3v) is 6.41. The Morgan fingerprint density at radius 2 is 1.70 bits per heavy atom. The van der Waals surface area contributed by atoms with Gasteiger partial charge in [-0.1, -0.05) is 37.3 Å². The fraction of sp³-hybridized carbons (Fsp3) is 0.429. The second kappa shape index (κ2) is 9.92. The van der Waals surface area contributed by atoms with E-state index in [1.807, 2.05) is 51.1 Å². The Morgan fingerprint density at radius 1 is 1.00 bits per heavy atom. The summed E-state index contributed by atoms with van der Waals surface area (Å²) in [5.74, 6) is -0.547. The topological polar surface area (TPSA) is 61.8 Å². The summed E-state index contributed by atoms with van der Waals surface area (Å²) in [7, 11) is 0. The normalized spacial score (nSPS) is 17.6. The summed E-state index contributed by atoms with van der Waals surface area (Å²) in [6.45, 7) is 6.19. The average molecular weight is 449 g/mol. The van der Waals surface area contributed by atoms with Crippen molar-refractivity contribution < 1.29 is 23.8 Å². The van der Waals surface area contributed by atoms with Gasteiger partial charge in [-0.25, -0.2) is 0 Å². The summed E-state index contributed by atoms with van der Waals surface area (Å²) in [5.41, 5.74) is -0.842. The van der Waals surface area contributed by atoms with Crippen molar-refractivity contribution >= 4 is 33.5 Å². The zero-order valence-electron chi connectivity index (χ0n) is 19.6. The van der Waals surface area contributed by atoms with Crippen LogP contribution >= 0.6 is 0 Å². The molecule has 5 heteroatoms. The van der Waals surface area contributed by atoms with E-state index in [0.717, 1.165) is 35.4 Å². The molecule has 1 heterocycles. The average Bonchev–Trinajstić information content (AvgIpc) is 2.81. The molecule has 0 radical (unpaired) electrons. The summed E-state index contributed by atoms with van der Waals surface area (Å²) < 4.78 is 16.8. The van der Waals surface area contributed by atoms with Crippen molar-refractivity contribution in [1.29, 1.82) is 0 Å². The van der Waals surface area contributed by atoms with Crippen LogP contribution in [0.3, 0.4) is 0 Å². The van der Waals surface area contributed by atoms with Crippen LogP contribution in [0.25, 0.3) is 21.5 Å². The van der Waals surface area contributed by atoms with Crippen molar-refractivity contribution in [1.82, 2.24) is 0 Å². The van der Waals surface area contributed by atoms with Gasteiger partial charge in [-0.15, -0.1) is 0 Å². The number of rotatable bonds is 7. The Morgan fingerprint density at radius 3 is 2.36 bits per heavy atom. The van der Waals surface area contributed by atoms with Gasteiger partial charge >= 0.3 is 11.9 Å². The zero-order valence-corrected chi connectivity index (χ0v) is 19.6. The lowest BCUT2D eigenvalue weighted by atomic mass is 9.81. The van der Waals surface area contributed by atoms with E-state index in [4.69, 9.17) is 14.2 Å². The van der Waals surface area contributed by atoms with Gasteiger partial charge in [0.15, 0.2) is 0 Å². The number of hydrogen-bond acceptors (Lipinski definition) is 5. The van der Waals surface area contributed by atoms with Gasteiger partial charge in [-0.05, 0) is 85.3 Å². The fourth-order valence-corrected chi connectivity index (χ4v) is 4.35. The van der Waals surface area contributed by atoms with E-state index in [-0.39, 0.29) is 17.9 Å². The molecule has 0 saturated carbocycles. The Labute approximate surface area is 195 Å². The number of carbonyl (C=O) groups excluding carboxylic acids is 2. The van der Waals surface area contributed by atoms with Crippen molar-refractivity contribution in [3.63, 3.8) is 0 Å². The summed E-state index contributed by atoms with van der Waals surface area (Å²) >= 11 is 0. The molecular formula is C28H32O5. The minimum Gasteiger partial charge on any atom is -0.436 e. The van der Waals surface area contributed by atoms with E-state index in [0.29, 0.717) is 25.2 Å². The first-order chi connectivity index (χ1) is 15.9. The molecule has 2 unspecified atom stereocenters. The molecule has 0 amide bonds. The molecule has 3 aromatic carbocycles. The van der Waals surface area contributed by atoms with Gasteiger partial charge < -0.3 is 14.2 Å². The minimum atomic E-state index is -0.842. The van der Waals surface area contributed by atoms with E-state index in [2.05, 4.69) is 24.3 Å². The quantitative estimate of drug-likeness (QED) is 0.237. The zero-order chi connectivity index (χ0) is 23.4. The largest absolute Gasteiger partial charge is 0.436 e. The first-order valence-corrected chi connectivity index (χ1v) is 11.8. The highest BCUT2D eigenvalue weighted by molar-refractivity contribution is 5.98. The molecule has 0 bridgehead atoms. The fourth-order valence-electron chi connectivity index (χ4n) is 4.35. The second-order valence-electron chi connectivity index (χ2n) is 9.52. The van der Waals surface area contributed by atoms with Crippen molar-refractivity contribution in [3.05, 3.63) is 54.6 Å². The lowest BCUT2D eigenvalue weighted by molar-refractivity contribution is -0.192. The lowest BCUT2D eigenvalue weighted by Crippen LogP contribution is -2.35. The molecule has 0 N–H and O–H groups in total. The molecular weight excluding hydrogens is 416 g/mol. The SMILES string of the molecule is CCC(CC(C)(C)C(=O)Oc1ccc2cc3ccccc3cc2c1)C(=O)OC1CCCCO1. The number of fused-ring (bicyclic) bond motifs is 2. The molecule has 1 aliphatic heterocycles. The highest BCUT2D eigenvalue weighted by Crippen LogP contribution is 2.32. The lowest BCUT2D eigenvalue weighted by Gasteiger charge is -2.28. The van der Waals surface area contributed by atoms with Crippen molar-refractivity contribution in [2.75, 3.05) is 6.61 Å². The molecule has 1 saturated heterocycles. The maximum Gasteiger partial charge on any atom is 0.316 e. The predicted octanol–water partition coefficient (Wildman–Crippen LogP) is 6.41. The summed E-state index contributed by atoms with van der Waals surface area (Å²) in [6.07, 6.45) is 3.19. The van der Waals surface area contributed by atoms with Crippen LogP contribution in [0.1, 0.15) is 52.9 Å². The number of benzene rings is 3. The molecule has 0 spiro atoms. The first-order valence-electron chi connectivity index (χ1n) is 11.8. The van der Waals surface area contributed by atoms with Gasteiger partial charge in [0, 0.05) is 6.42 Å². The van der Waals surface area contributed by atoms with Crippen molar-refractivity contribution in [2.24, 2.45) is 11.3 Å². The number of ether oxygens (including phenoxy) is 3. The van der Waals surface area contributed by atoms with Gasteiger partial charge in [-0.3, -0.25) is 9.59 Å². The molecule has 4 rings (SSSR count). The van der Waals surface area contributed by atoms with Crippen LogP contribution < -0.4 is 4.74 Å². The van der Waals surface area contributed by atoms with E-state index < -0.39 is 11.7 Å². The maximum atomic E-state index is 13.0.